The van der Waals surface area contributed by atoms with E-state index in [9.17, 15) is 19.1 Å². The van der Waals surface area contributed by atoms with Crippen molar-refractivity contribution in [3.63, 3.8) is 0 Å². The molecule has 4 heterocycles. The lowest BCUT2D eigenvalue weighted by Crippen LogP contribution is -2.48. The minimum Gasteiger partial charge on any atom is -0.491 e. The van der Waals surface area contributed by atoms with E-state index in [4.69, 9.17) is 49.0 Å². The number of carbonyl (C=O) groups is 2. The first-order valence-corrected chi connectivity index (χ1v) is 22.0. The lowest BCUT2D eigenvalue weighted by molar-refractivity contribution is -0.189. The maximum atomic E-state index is 12.9. The molecule has 3 saturated heterocycles. The molecule has 0 unspecified atom stereocenters. The fourth-order valence-corrected chi connectivity index (χ4v) is 8.71. The number of ether oxygens (including phenoxy) is 3. The first kappa shape index (κ1) is 45.5. The van der Waals surface area contributed by atoms with Crippen LogP contribution in [0, 0.1) is 5.82 Å². The zero-order chi connectivity index (χ0) is 43.7. The van der Waals surface area contributed by atoms with Crippen molar-refractivity contribution in [3.8, 4) is 5.75 Å². The van der Waals surface area contributed by atoms with Gasteiger partial charge in [-0.3, -0.25) is 9.59 Å². The molecular weight excluding hydrogens is 856 g/mol. The van der Waals surface area contributed by atoms with Crippen LogP contribution in [0.1, 0.15) is 54.1 Å². The van der Waals surface area contributed by atoms with E-state index in [1.165, 1.54) is 24.3 Å². The van der Waals surface area contributed by atoms with Gasteiger partial charge in [-0.2, -0.15) is 0 Å². The van der Waals surface area contributed by atoms with Crippen LogP contribution >= 0.6 is 34.8 Å². The van der Waals surface area contributed by atoms with Crippen LogP contribution in [0.5, 0.6) is 5.75 Å². The van der Waals surface area contributed by atoms with Gasteiger partial charge < -0.3 is 38.6 Å². The first-order chi connectivity index (χ1) is 29.9. The Morgan fingerprint density at radius 3 is 2.23 bits per heavy atom. The van der Waals surface area contributed by atoms with Gasteiger partial charge in [0.25, 0.3) is 0 Å². The Labute approximate surface area is 376 Å². The highest BCUT2D eigenvalue weighted by Crippen LogP contribution is 2.41. The van der Waals surface area contributed by atoms with Gasteiger partial charge in [0, 0.05) is 91.9 Å². The van der Waals surface area contributed by atoms with E-state index in [1.807, 2.05) is 70.3 Å². The molecule has 3 aliphatic rings. The van der Waals surface area contributed by atoms with Crippen molar-refractivity contribution >= 4 is 52.2 Å². The molecule has 4 aromatic carbocycles. The normalized spacial score (nSPS) is 20.1. The van der Waals surface area contributed by atoms with Gasteiger partial charge in [-0.1, -0.05) is 53.0 Å². The molecule has 11 nitrogen and oxygen atoms in total. The summed E-state index contributed by atoms with van der Waals surface area (Å²) in [5, 5.41) is 12.6. The number of ketones is 1. The van der Waals surface area contributed by atoms with Gasteiger partial charge in [-0.15, -0.1) is 0 Å². The van der Waals surface area contributed by atoms with E-state index in [2.05, 4.69) is 14.8 Å². The average Bonchev–Trinajstić information content (AvgIpc) is 3.95. The molecule has 3 fully saturated rings. The third kappa shape index (κ3) is 11.7. The number of rotatable bonds is 13. The number of amides is 1. The SMILES string of the molecule is CC(=O)N1CCN(c2ccc(OC[C@H]3CO[C@](Cn4ccnc4)(c4ccc(Cl)cc4Cl)O3)cc2)CC1.O=C(CCCN1CCC(O)(c2ccc(Cl)cc2)CC1)c1ccc(F)cc1. The third-order valence-corrected chi connectivity index (χ3v) is 12.4. The highest BCUT2D eigenvalue weighted by molar-refractivity contribution is 6.35. The summed E-state index contributed by atoms with van der Waals surface area (Å²) in [5.74, 6) is -0.490. The fraction of sp³-hybridized carbons (Fsp3) is 0.383. The molecule has 0 bridgehead atoms. The Balaban J connectivity index is 0.000000197. The fourth-order valence-electron chi connectivity index (χ4n) is 8.04. The van der Waals surface area contributed by atoms with Gasteiger partial charge in [-0.25, -0.2) is 9.37 Å². The summed E-state index contributed by atoms with van der Waals surface area (Å²) >= 11 is 18.6. The lowest BCUT2D eigenvalue weighted by Gasteiger charge is -2.38. The van der Waals surface area contributed by atoms with Crippen LogP contribution in [-0.2, 0) is 32.2 Å². The number of halogens is 4. The van der Waals surface area contributed by atoms with Crippen molar-refractivity contribution in [2.45, 2.75) is 56.6 Å². The molecule has 1 amide bonds. The van der Waals surface area contributed by atoms with E-state index >= 15 is 0 Å². The standard InChI is InChI=1S/C26H28Cl2N4O4.C21H23ClFNO2/c1-19(33)31-10-12-32(13-11-31)21-3-5-22(6-4-21)34-15-23-16-35-26(36-23,17-30-9-8-29-18-30)24-7-2-20(27)14-25(24)28;22-18-7-5-17(6-8-18)21(26)11-14-24(15-12-21)13-1-2-20(25)16-3-9-19(23)10-4-16/h2-9,14,18,23H,10-13,15-17H2,1H3;3-10,26H,1-2,11-15H2/t23-,26-;/m0./s1. The predicted octanol–water partition coefficient (Wildman–Crippen LogP) is 8.63. The monoisotopic (exact) mass is 905 g/mol. The molecule has 5 aromatic rings. The third-order valence-electron chi connectivity index (χ3n) is 11.6. The molecule has 0 spiro atoms. The number of piperidine rings is 1. The molecule has 1 aromatic heterocycles. The molecule has 1 N–H and O–H groups in total. The second-order valence-electron chi connectivity index (χ2n) is 15.9. The second-order valence-corrected chi connectivity index (χ2v) is 17.2. The van der Waals surface area contributed by atoms with Crippen molar-refractivity contribution in [1.29, 1.82) is 0 Å². The van der Waals surface area contributed by atoms with E-state index in [1.54, 1.807) is 31.6 Å². The lowest BCUT2D eigenvalue weighted by atomic mass is 9.84. The topological polar surface area (TPSA) is 110 Å². The molecule has 2 atom stereocenters. The predicted molar refractivity (Wildman–Crippen MR) is 239 cm³/mol. The van der Waals surface area contributed by atoms with Crippen LogP contribution in [0.2, 0.25) is 15.1 Å². The van der Waals surface area contributed by atoms with Gasteiger partial charge in [-0.05, 0) is 104 Å². The Hall–Kier alpha value is -4.53. The van der Waals surface area contributed by atoms with Gasteiger partial charge in [0.2, 0.25) is 11.7 Å². The highest BCUT2D eigenvalue weighted by atomic mass is 35.5. The number of piperazine rings is 1. The van der Waals surface area contributed by atoms with Gasteiger partial charge in [0.15, 0.2) is 5.78 Å². The number of likely N-dealkylation sites (tertiary alicyclic amines) is 1. The number of imidazole rings is 1. The average molecular weight is 907 g/mol. The summed E-state index contributed by atoms with van der Waals surface area (Å²) in [6.07, 6.45) is 7.52. The number of carbonyl (C=O) groups excluding carboxylic acids is 2. The second kappa shape index (κ2) is 20.8. The van der Waals surface area contributed by atoms with E-state index < -0.39 is 11.4 Å². The van der Waals surface area contributed by atoms with Crippen LogP contribution in [0.15, 0.2) is 110 Å². The zero-order valence-corrected chi connectivity index (χ0v) is 36.9. The van der Waals surface area contributed by atoms with Crippen LogP contribution in [0.3, 0.4) is 0 Å². The quantitative estimate of drug-likeness (QED) is 0.116. The van der Waals surface area contributed by atoms with Crippen molar-refractivity contribution in [2.75, 3.05) is 63.9 Å². The van der Waals surface area contributed by atoms with Crippen LogP contribution < -0.4 is 9.64 Å². The molecule has 0 radical (unpaired) electrons. The van der Waals surface area contributed by atoms with Crippen LogP contribution in [0.4, 0.5) is 10.1 Å². The van der Waals surface area contributed by atoms with E-state index in [-0.39, 0.29) is 23.6 Å². The maximum Gasteiger partial charge on any atom is 0.219 e. The molecule has 0 aliphatic carbocycles. The van der Waals surface area contributed by atoms with Crippen molar-refractivity contribution in [3.05, 3.63) is 147 Å². The number of benzene rings is 4. The summed E-state index contributed by atoms with van der Waals surface area (Å²) in [6.45, 7) is 8.22. The summed E-state index contributed by atoms with van der Waals surface area (Å²) in [6, 6.07) is 26.4. The summed E-state index contributed by atoms with van der Waals surface area (Å²) in [5.41, 5.74) is 2.49. The Bertz CT molecular complexity index is 2230. The highest BCUT2D eigenvalue weighted by Gasteiger charge is 2.45. The molecule has 8 rings (SSSR count). The number of aromatic nitrogens is 2. The molecular formula is C47H51Cl3FN5O6. The van der Waals surface area contributed by atoms with Gasteiger partial charge >= 0.3 is 0 Å². The Kier molecular flexibility index (Phi) is 15.2. The first-order valence-electron chi connectivity index (χ1n) is 20.8. The number of nitrogens with zero attached hydrogens (tertiary/aromatic N) is 5. The summed E-state index contributed by atoms with van der Waals surface area (Å²) in [7, 11) is 0. The zero-order valence-electron chi connectivity index (χ0n) is 34.6. The maximum absolute atomic E-state index is 12.9. The van der Waals surface area contributed by atoms with Crippen LogP contribution in [-0.4, -0.2) is 101 Å². The molecule has 15 heteroatoms. The Morgan fingerprint density at radius 2 is 1.58 bits per heavy atom. The molecule has 62 heavy (non-hydrogen) atoms. The number of anilines is 1. The van der Waals surface area contributed by atoms with Crippen molar-refractivity contribution in [1.82, 2.24) is 19.4 Å². The largest absolute Gasteiger partial charge is 0.491 e. The number of hydrogen-bond donors (Lipinski definition) is 1. The summed E-state index contributed by atoms with van der Waals surface area (Å²) < 4.78 is 33.5. The van der Waals surface area contributed by atoms with Crippen molar-refractivity contribution in [2.24, 2.45) is 0 Å². The number of hydrogen-bond acceptors (Lipinski definition) is 9. The number of Topliss-reactive ketones (excluding diaryl/α,β-unsaturated/α-hetero) is 1. The smallest absolute Gasteiger partial charge is 0.219 e. The summed E-state index contributed by atoms with van der Waals surface area (Å²) in [4.78, 5) is 34.2. The minimum atomic E-state index is -1.08. The van der Waals surface area contributed by atoms with Gasteiger partial charge in [0.05, 0.1) is 30.1 Å². The van der Waals surface area contributed by atoms with Crippen LogP contribution in [0.25, 0.3) is 0 Å². The van der Waals surface area contributed by atoms with Crippen molar-refractivity contribution < 1.29 is 33.3 Å². The molecule has 3 aliphatic heterocycles. The molecule has 328 valence electrons. The Morgan fingerprint density at radius 1 is 0.887 bits per heavy atom. The van der Waals surface area contributed by atoms with Gasteiger partial charge in [0.1, 0.15) is 24.3 Å². The van der Waals surface area contributed by atoms with E-state index in [0.717, 1.165) is 69.2 Å². The number of aliphatic hydroxyl groups is 1. The minimum absolute atomic E-state index is 0.0414. The molecule has 0 saturated carbocycles. The van der Waals surface area contributed by atoms with E-state index in [0.29, 0.717) is 65.2 Å².